The van der Waals surface area contributed by atoms with E-state index in [0.717, 1.165) is 13.1 Å². The van der Waals surface area contributed by atoms with Crippen molar-refractivity contribution in [2.24, 2.45) is 0 Å². The predicted octanol–water partition coefficient (Wildman–Crippen LogP) is 2.70. The predicted molar refractivity (Wildman–Crippen MR) is 86.0 cm³/mol. The van der Waals surface area contributed by atoms with Gasteiger partial charge in [0.15, 0.2) is 0 Å². The van der Waals surface area contributed by atoms with Crippen LogP contribution in [0.3, 0.4) is 0 Å². The molecule has 124 valence electrons. The summed E-state index contributed by atoms with van der Waals surface area (Å²) in [5.74, 6) is -2.84. The molecule has 22 heavy (non-hydrogen) atoms. The van der Waals surface area contributed by atoms with E-state index >= 15 is 0 Å². The highest BCUT2D eigenvalue weighted by atomic mass is 32.2. The van der Waals surface area contributed by atoms with Gasteiger partial charge in [-0.05, 0) is 26.8 Å². The summed E-state index contributed by atoms with van der Waals surface area (Å²) in [4.78, 5) is 4.13. The van der Waals surface area contributed by atoms with Crippen LogP contribution >= 0.6 is 0 Å². The van der Waals surface area contributed by atoms with Crippen LogP contribution in [0.2, 0.25) is 0 Å². The number of rotatable bonds is 7. The Morgan fingerprint density at radius 2 is 2.00 bits per heavy atom. The zero-order valence-electron chi connectivity index (χ0n) is 13.2. The molecule has 0 bridgehead atoms. The third-order valence-corrected chi connectivity index (χ3v) is 4.20. The van der Waals surface area contributed by atoms with Crippen molar-refractivity contribution >= 4 is 22.9 Å². The van der Waals surface area contributed by atoms with Gasteiger partial charge in [0.1, 0.15) is 0 Å². The average molecular weight is 332 g/mol. The number of hydrogen-bond acceptors (Lipinski definition) is 4. The van der Waals surface area contributed by atoms with Gasteiger partial charge in [-0.25, -0.2) is 17.7 Å². The molecular formula is C14H22F2N4OS. The summed E-state index contributed by atoms with van der Waals surface area (Å²) < 4.78 is 40.1. The first-order valence-corrected chi connectivity index (χ1v) is 7.94. The van der Waals surface area contributed by atoms with Crippen LogP contribution in [-0.2, 0) is 17.5 Å². The molecule has 3 N–H and O–H groups in total. The normalized spacial score (nSPS) is 13.7. The first-order valence-electron chi connectivity index (χ1n) is 6.79. The van der Waals surface area contributed by atoms with Crippen LogP contribution in [0.15, 0.2) is 12.3 Å². The summed E-state index contributed by atoms with van der Waals surface area (Å²) in [5, 5.41) is 9.95. The standard InChI is InChI=1S/C14H22F2N4OS/c1-13(2,3)22(21)20-7-11-5-10(6-17)12(8-18-11)19-9-14(4,15)16/h5-6,8,17,19-20H,7,9H2,1-4H3/t22-/m1/s1. The number of hydrogen-bond donors (Lipinski definition) is 3. The SMILES string of the molecule is CC(F)(F)CNc1cnc(CN[S@](=O)C(C)(C)C)cc1C=N. The van der Waals surface area contributed by atoms with E-state index in [1.165, 1.54) is 6.20 Å². The third-order valence-electron chi connectivity index (χ3n) is 2.68. The highest BCUT2D eigenvalue weighted by molar-refractivity contribution is 7.84. The molecule has 0 radical (unpaired) electrons. The molecule has 1 aromatic heterocycles. The second kappa shape index (κ2) is 7.23. The zero-order chi connectivity index (χ0) is 17.0. The van der Waals surface area contributed by atoms with Crippen molar-refractivity contribution in [3.63, 3.8) is 0 Å². The molecule has 0 aliphatic heterocycles. The molecule has 0 saturated carbocycles. The van der Waals surface area contributed by atoms with Crippen molar-refractivity contribution in [3.05, 3.63) is 23.5 Å². The van der Waals surface area contributed by atoms with Gasteiger partial charge < -0.3 is 10.7 Å². The average Bonchev–Trinajstić information content (AvgIpc) is 2.40. The molecule has 8 heteroatoms. The second-order valence-electron chi connectivity index (χ2n) is 6.03. The number of alkyl halides is 2. The Morgan fingerprint density at radius 3 is 2.50 bits per heavy atom. The Hall–Kier alpha value is -1.41. The van der Waals surface area contributed by atoms with E-state index in [9.17, 15) is 13.0 Å². The van der Waals surface area contributed by atoms with Crippen molar-refractivity contribution in [1.82, 2.24) is 9.71 Å². The topological polar surface area (TPSA) is 77.9 Å². The van der Waals surface area contributed by atoms with Gasteiger partial charge in [-0.15, -0.1) is 0 Å². The Labute approximate surface area is 132 Å². The van der Waals surface area contributed by atoms with Crippen LogP contribution in [0.4, 0.5) is 14.5 Å². The molecule has 0 fully saturated rings. The monoisotopic (exact) mass is 332 g/mol. The molecular weight excluding hydrogens is 310 g/mol. The molecule has 1 heterocycles. The largest absolute Gasteiger partial charge is 0.377 e. The maximum absolute atomic E-state index is 12.9. The van der Waals surface area contributed by atoms with E-state index in [2.05, 4.69) is 15.0 Å². The van der Waals surface area contributed by atoms with Gasteiger partial charge in [0, 0.05) is 18.7 Å². The van der Waals surface area contributed by atoms with Gasteiger partial charge in [-0.2, -0.15) is 0 Å². The molecule has 0 saturated heterocycles. The van der Waals surface area contributed by atoms with E-state index in [0.29, 0.717) is 16.9 Å². The lowest BCUT2D eigenvalue weighted by Gasteiger charge is -2.18. The maximum Gasteiger partial charge on any atom is 0.262 e. The summed E-state index contributed by atoms with van der Waals surface area (Å²) >= 11 is 0. The van der Waals surface area contributed by atoms with Crippen LogP contribution in [0.1, 0.15) is 39.0 Å². The summed E-state index contributed by atoms with van der Waals surface area (Å²) in [6.45, 7) is 6.12. The minimum absolute atomic E-state index is 0.273. The number of pyridine rings is 1. The van der Waals surface area contributed by atoms with Gasteiger partial charge in [0.05, 0.1) is 46.4 Å². The van der Waals surface area contributed by atoms with Gasteiger partial charge in [0.2, 0.25) is 0 Å². The number of nitrogens with one attached hydrogen (secondary N) is 3. The molecule has 0 aromatic carbocycles. The fourth-order valence-corrected chi connectivity index (χ4v) is 2.20. The summed E-state index contributed by atoms with van der Waals surface area (Å²) in [7, 11) is -1.23. The highest BCUT2D eigenvalue weighted by Crippen LogP contribution is 2.18. The minimum Gasteiger partial charge on any atom is -0.377 e. The maximum atomic E-state index is 12.9. The number of anilines is 1. The molecule has 0 amide bonds. The third kappa shape index (κ3) is 6.15. The van der Waals surface area contributed by atoms with Crippen molar-refractivity contribution in [2.75, 3.05) is 11.9 Å². The van der Waals surface area contributed by atoms with Crippen LogP contribution in [0.5, 0.6) is 0 Å². The zero-order valence-corrected chi connectivity index (χ0v) is 14.0. The summed E-state index contributed by atoms with van der Waals surface area (Å²) in [6, 6.07) is 1.61. The summed E-state index contributed by atoms with van der Waals surface area (Å²) in [6.07, 6.45) is 2.48. The van der Waals surface area contributed by atoms with Crippen LogP contribution in [-0.4, -0.2) is 32.6 Å². The van der Waals surface area contributed by atoms with Crippen molar-refractivity contribution in [2.45, 2.75) is 44.9 Å². The fraction of sp³-hybridized carbons (Fsp3) is 0.571. The van der Waals surface area contributed by atoms with Crippen molar-refractivity contribution in [1.29, 1.82) is 5.41 Å². The van der Waals surface area contributed by atoms with Gasteiger partial charge >= 0.3 is 0 Å². The fourth-order valence-electron chi connectivity index (χ4n) is 1.49. The first-order chi connectivity index (χ1) is 10.0. The van der Waals surface area contributed by atoms with Crippen molar-refractivity contribution in [3.8, 4) is 0 Å². The lowest BCUT2D eigenvalue weighted by molar-refractivity contribution is 0.0367. The van der Waals surface area contributed by atoms with E-state index in [-0.39, 0.29) is 6.54 Å². The van der Waals surface area contributed by atoms with Gasteiger partial charge in [0.25, 0.3) is 5.92 Å². The summed E-state index contributed by atoms with van der Waals surface area (Å²) in [5.41, 5.74) is 1.42. The molecule has 1 atom stereocenters. The van der Waals surface area contributed by atoms with E-state index < -0.39 is 28.2 Å². The lowest BCUT2D eigenvalue weighted by atomic mass is 10.2. The lowest BCUT2D eigenvalue weighted by Crippen LogP contribution is -2.33. The van der Waals surface area contributed by atoms with Crippen LogP contribution in [0, 0.1) is 5.41 Å². The number of aromatic nitrogens is 1. The molecule has 0 unspecified atom stereocenters. The molecule has 0 aliphatic rings. The Kier molecular flexibility index (Phi) is 6.13. The number of halogens is 2. The first kappa shape index (κ1) is 18.6. The highest BCUT2D eigenvalue weighted by Gasteiger charge is 2.21. The second-order valence-corrected chi connectivity index (χ2v) is 8.08. The van der Waals surface area contributed by atoms with Crippen molar-refractivity contribution < 1.29 is 13.0 Å². The molecule has 0 aliphatic carbocycles. The Balaban J connectivity index is 2.76. The molecule has 5 nitrogen and oxygen atoms in total. The molecule has 0 spiro atoms. The van der Waals surface area contributed by atoms with Crippen LogP contribution in [0.25, 0.3) is 0 Å². The smallest absolute Gasteiger partial charge is 0.262 e. The van der Waals surface area contributed by atoms with E-state index in [1.807, 2.05) is 20.8 Å². The van der Waals surface area contributed by atoms with E-state index in [1.54, 1.807) is 6.07 Å². The molecule has 1 rings (SSSR count). The number of nitrogens with zero attached hydrogens (tertiary/aromatic N) is 1. The molecule has 1 aromatic rings. The minimum atomic E-state index is -2.84. The Morgan fingerprint density at radius 1 is 1.36 bits per heavy atom. The van der Waals surface area contributed by atoms with E-state index in [4.69, 9.17) is 5.41 Å². The Bertz CT molecular complexity index is 553. The quantitative estimate of drug-likeness (QED) is 0.672. The van der Waals surface area contributed by atoms with Crippen LogP contribution < -0.4 is 10.0 Å². The van der Waals surface area contributed by atoms with Gasteiger partial charge in [-0.1, -0.05) is 0 Å². The van der Waals surface area contributed by atoms with Gasteiger partial charge in [-0.3, -0.25) is 4.98 Å².